The third kappa shape index (κ3) is 3.14. The molecule has 22 heavy (non-hydrogen) atoms. The highest BCUT2D eigenvalue weighted by Gasteiger charge is 2.59. The molecule has 2 fully saturated rings. The van der Waals surface area contributed by atoms with Gasteiger partial charge in [-0.15, -0.1) is 11.8 Å². The van der Waals surface area contributed by atoms with E-state index in [2.05, 4.69) is 12.1 Å². The van der Waals surface area contributed by atoms with E-state index < -0.39 is 5.97 Å². The van der Waals surface area contributed by atoms with E-state index in [9.17, 15) is 9.59 Å². The van der Waals surface area contributed by atoms with Crippen molar-refractivity contribution in [2.24, 2.45) is 11.3 Å². The van der Waals surface area contributed by atoms with E-state index in [1.165, 1.54) is 5.56 Å². The molecule has 1 spiro atoms. The summed E-state index contributed by atoms with van der Waals surface area (Å²) in [5, 5.41) is 9.09. The van der Waals surface area contributed by atoms with Gasteiger partial charge in [0.05, 0.1) is 11.7 Å². The fourth-order valence-corrected chi connectivity index (χ4v) is 4.12. The first-order chi connectivity index (χ1) is 10.5. The molecule has 0 radical (unpaired) electrons. The highest BCUT2D eigenvalue weighted by Crippen LogP contribution is 2.59. The number of hydrogen-bond acceptors (Lipinski definition) is 3. The van der Waals surface area contributed by atoms with Gasteiger partial charge in [-0.2, -0.15) is 0 Å². The largest absolute Gasteiger partial charge is 0.481 e. The number of hydrogen-bond donors (Lipinski definition) is 1. The van der Waals surface area contributed by atoms with E-state index in [1.54, 1.807) is 11.8 Å². The minimum absolute atomic E-state index is 0.00723. The molecule has 1 atom stereocenters. The van der Waals surface area contributed by atoms with Crippen molar-refractivity contribution in [1.82, 2.24) is 4.90 Å². The van der Waals surface area contributed by atoms with Crippen LogP contribution >= 0.6 is 11.8 Å². The monoisotopic (exact) mass is 319 g/mol. The highest BCUT2D eigenvalue weighted by atomic mass is 32.2. The second kappa shape index (κ2) is 5.95. The number of rotatable bonds is 4. The lowest BCUT2D eigenvalue weighted by Gasteiger charge is -2.32. The average molecular weight is 319 g/mol. The number of carboxylic acid groups (broad SMARTS) is 1. The van der Waals surface area contributed by atoms with Crippen LogP contribution in [0.4, 0.5) is 0 Å². The molecule has 3 rings (SSSR count). The normalized spacial score (nSPS) is 22.6. The number of aryl methyl sites for hydroxylation is 1. The molecule has 1 aromatic carbocycles. The summed E-state index contributed by atoms with van der Waals surface area (Å²) in [5.74, 6) is -0.229. The Morgan fingerprint density at radius 2 is 1.91 bits per heavy atom. The number of benzene rings is 1. The number of amides is 1. The van der Waals surface area contributed by atoms with Gasteiger partial charge in [0.15, 0.2) is 0 Å². The molecule has 1 N–H and O–H groups in total. The zero-order chi connectivity index (χ0) is 15.7. The maximum absolute atomic E-state index is 12.3. The Bertz CT molecular complexity index is 576. The van der Waals surface area contributed by atoms with Gasteiger partial charge in [-0.05, 0) is 43.7 Å². The second-order valence-corrected chi connectivity index (χ2v) is 7.49. The Morgan fingerprint density at radius 1 is 1.27 bits per heavy atom. The number of carboxylic acids is 1. The number of piperidine rings is 1. The summed E-state index contributed by atoms with van der Waals surface area (Å²) < 4.78 is 0. The Labute approximate surface area is 134 Å². The summed E-state index contributed by atoms with van der Waals surface area (Å²) in [5.41, 5.74) is 1.21. The van der Waals surface area contributed by atoms with Crippen LogP contribution in [0.25, 0.3) is 0 Å². The lowest BCUT2D eigenvalue weighted by molar-refractivity contribution is -0.139. The van der Waals surface area contributed by atoms with Gasteiger partial charge in [0.1, 0.15) is 0 Å². The molecule has 118 valence electrons. The van der Waals surface area contributed by atoms with Crippen LogP contribution in [0.3, 0.4) is 0 Å². The summed E-state index contributed by atoms with van der Waals surface area (Å²) >= 11 is 1.57. The second-order valence-electron chi connectivity index (χ2n) is 6.44. The van der Waals surface area contributed by atoms with E-state index in [0.717, 1.165) is 24.2 Å². The number of aliphatic carboxylic acids is 1. The number of carbonyl (C=O) groups is 2. The molecule has 1 aliphatic heterocycles. The first kappa shape index (κ1) is 15.4. The molecule has 1 amide bonds. The summed E-state index contributed by atoms with van der Waals surface area (Å²) in [7, 11) is 0. The van der Waals surface area contributed by atoms with Crippen LogP contribution in [0.1, 0.15) is 24.8 Å². The zero-order valence-electron chi connectivity index (χ0n) is 12.7. The topological polar surface area (TPSA) is 57.6 Å². The van der Waals surface area contributed by atoms with Crippen LogP contribution in [0.15, 0.2) is 29.2 Å². The number of nitrogens with zero attached hydrogens (tertiary/aromatic N) is 1. The summed E-state index contributed by atoms with van der Waals surface area (Å²) in [6.45, 7) is 3.46. The van der Waals surface area contributed by atoms with E-state index >= 15 is 0 Å². The molecule has 1 saturated heterocycles. The van der Waals surface area contributed by atoms with E-state index in [0.29, 0.717) is 18.8 Å². The van der Waals surface area contributed by atoms with Crippen LogP contribution < -0.4 is 0 Å². The van der Waals surface area contributed by atoms with E-state index in [1.807, 2.05) is 24.0 Å². The molecule has 2 aliphatic rings. The third-order valence-corrected chi connectivity index (χ3v) is 5.98. The van der Waals surface area contributed by atoms with Gasteiger partial charge in [0.25, 0.3) is 0 Å². The van der Waals surface area contributed by atoms with Gasteiger partial charge in [0.2, 0.25) is 5.91 Å². The lowest BCUT2D eigenvalue weighted by atomic mass is 9.91. The molecule has 5 heteroatoms. The molecule has 1 heterocycles. The summed E-state index contributed by atoms with van der Waals surface area (Å²) in [4.78, 5) is 26.3. The van der Waals surface area contributed by atoms with Gasteiger partial charge in [-0.25, -0.2) is 0 Å². The van der Waals surface area contributed by atoms with Gasteiger partial charge >= 0.3 is 5.97 Å². The maximum atomic E-state index is 12.3. The minimum Gasteiger partial charge on any atom is -0.481 e. The quantitative estimate of drug-likeness (QED) is 0.867. The zero-order valence-corrected chi connectivity index (χ0v) is 13.6. The maximum Gasteiger partial charge on any atom is 0.307 e. The van der Waals surface area contributed by atoms with Gasteiger partial charge in [-0.3, -0.25) is 9.59 Å². The fraction of sp³-hybridized carbons (Fsp3) is 0.529. The molecular formula is C17H21NO3S. The molecule has 1 saturated carbocycles. The Morgan fingerprint density at radius 3 is 2.45 bits per heavy atom. The lowest BCUT2D eigenvalue weighted by Crippen LogP contribution is -2.40. The van der Waals surface area contributed by atoms with Crippen molar-refractivity contribution < 1.29 is 14.7 Å². The average Bonchev–Trinajstić information content (AvgIpc) is 3.21. The SMILES string of the molecule is Cc1ccc(SCC(=O)N2CCC3(CC2)CC3C(=O)O)cc1. The van der Waals surface area contributed by atoms with Crippen molar-refractivity contribution >= 4 is 23.6 Å². The molecular weight excluding hydrogens is 298 g/mol. The van der Waals surface area contributed by atoms with Crippen molar-refractivity contribution in [2.75, 3.05) is 18.8 Å². The van der Waals surface area contributed by atoms with Gasteiger partial charge in [-0.1, -0.05) is 17.7 Å². The predicted octanol–water partition coefficient (Wildman–Crippen LogP) is 2.80. The molecule has 1 aromatic rings. The van der Waals surface area contributed by atoms with Crippen molar-refractivity contribution in [3.63, 3.8) is 0 Å². The smallest absolute Gasteiger partial charge is 0.307 e. The van der Waals surface area contributed by atoms with Crippen LogP contribution in [-0.4, -0.2) is 40.7 Å². The number of likely N-dealkylation sites (tertiary alicyclic amines) is 1. The van der Waals surface area contributed by atoms with E-state index in [4.69, 9.17) is 5.11 Å². The van der Waals surface area contributed by atoms with Crippen molar-refractivity contribution in [3.05, 3.63) is 29.8 Å². The van der Waals surface area contributed by atoms with Crippen molar-refractivity contribution in [2.45, 2.75) is 31.1 Å². The van der Waals surface area contributed by atoms with Crippen LogP contribution in [0, 0.1) is 18.3 Å². The van der Waals surface area contributed by atoms with Gasteiger partial charge in [0, 0.05) is 18.0 Å². The molecule has 4 nitrogen and oxygen atoms in total. The Kier molecular flexibility index (Phi) is 4.17. The van der Waals surface area contributed by atoms with E-state index in [-0.39, 0.29) is 17.2 Å². The summed E-state index contributed by atoms with van der Waals surface area (Å²) in [6, 6.07) is 8.19. The molecule has 0 bridgehead atoms. The fourth-order valence-electron chi connectivity index (χ4n) is 3.32. The number of carbonyl (C=O) groups excluding carboxylic acids is 1. The third-order valence-electron chi connectivity index (χ3n) is 4.98. The Balaban J connectivity index is 1.46. The van der Waals surface area contributed by atoms with Crippen molar-refractivity contribution in [1.29, 1.82) is 0 Å². The van der Waals surface area contributed by atoms with Crippen LogP contribution in [0.5, 0.6) is 0 Å². The van der Waals surface area contributed by atoms with Crippen molar-refractivity contribution in [3.8, 4) is 0 Å². The predicted molar refractivity (Wildman–Crippen MR) is 85.9 cm³/mol. The Hall–Kier alpha value is -1.49. The standard InChI is InChI=1S/C17H21NO3S/c1-12-2-4-13(5-3-12)22-11-15(19)18-8-6-17(7-9-18)10-14(17)16(20)21/h2-5,14H,6-11H2,1H3,(H,20,21). The van der Waals surface area contributed by atoms with Crippen LogP contribution in [-0.2, 0) is 9.59 Å². The highest BCUT2D eigenvalue weighted by molar-refractivity contribution is 8.00. The summed E-state index contributed by atoms with van der Waals surface area (Å²) in [6.07, 6.45) is 2.47. The molecule has 1 unspecified atom stereocenters. The minimum atomic E-state index is -0.672. The first-order valence-electron chi connectivity index (χ1n) is 7.70. The molecule has 0 aromatic heterocycles. The number of thioether (sulfide) groups is 1. The van der Waals surface area contributed by atoms with Gasteiger partial charge < -0.3 is 10.0 Å². The van der Waals surface area contributed by atoms with Crippen LogP contribution in [0.2, 0.25) is 0 Å². The molecule has 1 aliphatic carbocycles. The first-order valence-corrected chi connectivity index (χ1v) is 8.69.